The zero-order valence-electron chi connectivity index (χ0n) is 9.71. The highest BCUT2D eigenvalue weighted by molar-refractivity contribution is 14.1. The van der Waals surface area contributed by atoms with Crippen molar-refractivity contribution in [2.24, 2.45) is 0 Å². The van der Waals surface area contributed by atoms with Crippen molar-refractivity contribution in [1.29, 1.82) is 0 Å². The zero-order chi connectivity index (χ0) is 14.9. The molecule has 0 unspecified atom stereocenters. The molecule has 1 aromatic heterocycles. The Hall–Kier alpha value is -1.15. The minimum Gasteiger partial charge on any atom is -0.288 e. The van der Waals surface area contributed by atoms with Gasteiger partial charge in [-0.25, -0.2) is 0 Å². The van der Waals surface area contributed by atoms with Crippen LogP contribution < -0.4 is 0 Å². The highest BCUT2D eigenvalue weighted by Crippen LogP contribution is 2.33. The average Bonchev–Trinajstić information content (AvgIpc) is 2.40. The molecule has 0 spiro atoms. The van der Waals surface area contributed by atoms with Crippen molar-refractivity contribution in [1.82, 2.24) is 4.98 Å². The first-order valence-electron chi connectivity index (χ1n) is 5.31. The predicted molar refractivity (Wildman–Crippen MR) is 76.8 cm³/mol. The van der Waals surface area contributed by atoms with Gasteiger partial charge < -0.3 is 0 Å². The topological polar surface area (TPSA) is 30.0 Å². The van der Waals surface area contributed by atoms with Gasteiger partial charge in [0, 0.05) is 26.5 Å². The maximum atomic E-state index is 12.9. The lowest BCUT2D eigenvalue weighted by molar-refractivity contribution is -0.137. The summed E-state index contributed by atoms with van der Waals surface area (Å²) in [6.07, 6.45) is -2.69. The molecular formula is C13H6ClF3INO. The number of ketones is 1. The number of carbonyl (C=O) groups is 1. The number of aromatic nitrogens is 1. The van der Waals surface area contributed by atoms with Crippen LogP contribution in [0, 0.1) is 3.57 Å². The molecule has 0 N–H and O–H groups in total. The molecule has 0 atom stereocenters. The van der Waals surface area contributed by atoms with Crippen molar-refractivity contribution in [3.63, 3.8) is 0 Å². The van der Waals surface area contributed by atoms with E-state index in [0.29, 0.717) is 3.57 Å². The first kappa shape index (κ1) is 15.2. The number of alkyl halides is 3. The second kappa shape index (κ2) is 5.69. The van der Waals surface area contributed by atoms with Gasteiger partial charge in [-0.3, -0.25) is 9.78 Å². The van der Waals surface area contributed by atoms with Gasteiger partial charge in [-0.1, -0.05) is 11.6 Å². The smallest absolute Gasteiger partial charge is 0.288 e. The molecule has 0 fully saturated rings. The number of rotatable bonds is 2. The fourth-order valence-corrected chi connectivity index (χ4v) is 2.39. The zero-order valence-corrected chi connectivity index (χ0v) is 12.6. The van der Waals surface area contributed by atoms with Crippen molar-refractivity contribution >= 4 is 40.0 Å². The molecule has 0 radical (unpaired) electrons. The lowest BCUT2D eigenvalue weighted by Crippen LogP contribution is -2.15. The lowest BCUT2D eigenvalue weighted by atomic mass is 10.0. The summed E-state index contributed by atoms with van der Waals surface area (Å²) in [5, 5.41) is 0.284. The second-order valence-electron chi connectivity index (χ2n) is 3.87. The third-order valence-electron chi connectivity index (χ3n) is 2.54. The van der Waals surface area contributed by atoms with Crippen molar-refractivity contribution in [2.45, 2.75) is 6.18 Å². The van der Waals surface area contributed by atoms with Crippen LogP contribution in [-0.4, -0.2) is 10.8 Å². The van der Waals surface area contributed by atoms with E-state index in [1.165, 1.54) is 6.07 Å². The van der Waals surface area contributed by atoms with E-state index in [0.717, 1.165) is 18.5 Å². The molecule has 0 saturated carbocycles. The Morgan fingerprint density at radius 1 is 1.20 bits per heavy atom. The van der Waals surface area contributed by atoms with Gasteiger partial charge in [0.05, 0.1) is 11.1 Å². The lowest BCUT2D eigenvalue weighted by Gasteiger charge is -2.12. The number of pyridine rings is 1. The Balaban J connectivity index is 2.57. The van der Waals surface area contributed by atoms with E-state index >= 15 is 0 Å². The Bertz CT molecular complexity index is 673. The molecule has 0 bridgehead atoms. The molecule has 0 aliphatic heterocycles. The fraction of sp³-hybridized carbons (Fsp3) is 0.0769. The number of carbonyl (C=O) groups excluding carboxylic acids is 1. The molecule has 104 valence electrons. The summed E-state index contributed by atoms with van der Waals surface area (Å²) in [6, 6.07) is 5.26. The predicted octanol–water partition coefficient (Wildman–Crippen LogP) is 4.59. The Labute approximate surface area is 131 Å². The van der Waals surface area contributed by atoms with Gasteiger partial charge in [0.2, 0.25) is 0 Å². The number of benzene rings is 1. The third kappa shape index (κ3) is 3.12. The van der Waals surface area contributed by atoms with Crippen LogP contribution in [-0.2, 0) is 6.18 Å². The van der Waals surface area contributed by atoms with E-state index < -0.39 is 23.1 Å². The van der Waals surface area contributed by atoms with E-state index in [-0.39, 0.29) is 10.6 Å². The van der Waals surface area contributed by atoms with Crippen molar-refractivity contribution in [3.8, 4) is 0 Å². The minimum atomic E-state index is -4.61. The number of hydrogen-bond donors (Lipinski definition) is 0. The van der Waals surface area contributed by atoms with Gasteiger partial charge >= 0.3 is 6.18 Å². The van der Waals surface area contributed by atoms with Crippen molar-refractivity contribution in [2.75, 3.05) is 0 Å². The van der Waals surface area contributed by atoms with Crippen LogP contribution in [0.1, 0.15) is 21.5 Å². The standard InChI is InChI=1S/C13H6ClF3INO/c14-7-1-2-11(18)8(5-7)12(20)9-6-19-4-3-10(9)13(15,16)17/h1-6H. The number of nitrogens with zero attached hydrogens (tertiary/aromatic N) is 1. The molecular weight excluding hydrogens is 406 g/mol. The van der Waals surface area contributed by atoms with Crippen LogP contribution in [0.25, 0.3) is 0 Å². The van der Waals surface area contributed by atoms with Gasteiger partial charge in [0.25, 0.3) is 0 Å². The highest BCUT2D eigenvalue weighted by atomic mass is 127. The van der Waals surface area contributed by atoms with Crippen LogP contribution >= 0.6 is 34.2 Å². The minimum absolute atomic E-state index is 0.122. The Morgan fingerprint density at radius 3 is 2.55 bits per heavy atom. The van der Waals surface area contributed by atoms with E-state index in [2.05, 4.69) is 4.98 Å². The monoisotopic (exact) mass is 411 g/mol. The molecule has 7 heteroatoms. The van der Waals surface area contributed by atoms with Crippen LogP contribution in [0.3, 0.4) is 0 Å². The maximum absolute atomic E-state index is 12.9. The summed E-state index contributed by atoms with van der Waals surface area (Å²) in [7, 11) is 0. The van der Waals surface area contributed by atoms with E-state index in [9.17, 15) is 18.0 Å². The van der Waals surface area contributed by atoms with Gasteiger partial charge in [-0.2, -0.15) is 13.2 Å². The van der Waals surface area contributed by atoms with Crippen molar-refractivity contribution < 1.29 is 18.0 Å². The van der Waals surface area contributed by atoms with Crippen LogP contribution in [0.4, 0.5) is 13.2 Å². The largest absolute Gasteiger partial charge is 0.417 e. The maximum Gasteiger partial charge on any atom is 0.417 e. The highest BCUT2D eigenvalue weighted by Gasteiger charge is 2.35. The molecule has 2 nitrogen and oxygen atoms in total. The normalized spacial score (nSPS) is 11.4. The van der Waals surface area contributed by atoms with E-state index in [4.69, 9.17) is 11.6 Å². The van der Waals surface area contributed by atoms with Gasteiger partial charge in [0.15, 0.2) is 5.78 Å². The third-order valence-corrected chi connectivity index (χ3v) is 3.72. The molecule has 1 heterocycles. The molecule has 2 aromatic rings. The number of halogens is 5. The summed E-state index contributed by atoms with van der Waals surface area (Å²) in [5.41, 5.74) is -1.37. The van der Waals surface area contributed by atoms with Crippen molar-refractivity contribution in [3.05, 3.63) is 61.9 Å². The fourth-order valence-electron chi connectivity index (χ4n) is 1.64. The van der Waals surface area contributed by atoms with Gasteiger partial charge in [-0.05, 0) is 46.9 Å². The molecule has 0 aliphatic rings. The van der Waals surface area contributed by atoms with E-state index in [1.54, 1.807) is 12.1 Å². The summed E-state index contributed by atoms with van der Waals surface area (Å²) in [6.45, 7) is 0. The molecule has 1 aromatic carbocycles. The van der Waals surface area contributed by atoms with Gasteiger partial charge in [-0.15, -0.1) is 0 Å². The summed E-state index contributed by atoms with van der Waals surface area (Å²) in [4.78, 5) is 15.9. The van der Waals surface area contributed by atoms with Crippen LogP contribution in [0.15, 0.2) is 36.7 Å². The SMILES string of the molecule is O=C(c1cc(Cl)ccc1I)c1cnccc1C(F)(F)F. The first-order chi connectivity index (χ1) is 9.30. The quantitative estimate of drug-likeness (QED) is 0.534. The summed E-state index contributed by atoms with van der Waals surface area (Å²) < 4.78 is 39.2. The summed E-state index contributed by atoms with van der Waals surface area (Å²) >= 11 is 7.66. The average molecular weight is 412 g/mol. The van der Waals surface area contributed by atoms with Crippen LogP contribution in [0.5, 0.6) is 0 Å². The Morgan fingerprint density at radius 2 is 1.90 bits per heavy atom. The molecule has 0 amide bonds. The molecule has 2 rings (SSSR count). The van der Waals surface area contributed by atoms with Gasteiger partial charge in [0.1, 0.15) is 0 Å². The second-order valence-corrected chi connectivity index (χ2v) is 5.47. The molecule has 0 aliphatic carbocycles. The number of hydrogen-bond acceptors (Lipinski definition) is 2. The summed E-state index contributed by atoms with van der Waals surface area (Å²) in [5.74, 6) is -0.752. The first-order valence-corrected chi connectivity index (χ1v) is 6.77. The van der Waals surface area contributed by atoms with Crippen LogP contribution in [0.2, 0.25) is 5.02 Å². The van der Waals surface area contributed by atoms with E-state index in [1.807, 2.05) is 22.6 Å². The molecule has 0 saturated heterocycles. The molecule has 20 heavy (non-hydrogen) atoms. The Kier molecular flexibility index (Phi) is 4.33.